The third-order valence-corrected chi connectivity index (χ3v) is 5.06. The average Bonchev–Trinajstić information content (AvgIpc) is 3.46. The number of carbonyl (C=O) groups is 1. The number of aromatic nitrogens is 4. The molecule has 5 rings (SSSR count). The highest BCUT2D eigenvalue weighted by molar-refractivity contribution is 5.97. The maximum absolute atomic E-state index is 12.7. The topological polar surface area (TPSA) is 97.1 Å². The number of nitrogens with zero attached hydrogens (tertiary/aromatic N) is 4. The number of anilines is 1. The van der Waals surface area contributed by atoms with Crippen molar-refractivity contribution in [3.05, 3.63) is 54.4 Å². The molecule has 0 saturated carbocycles. The number of fused-ring (bicyclic) bond motifs is 1. The molecule has 1 amide bonds. The first kappa shape index (κ1) is 17.4. The SMILES string of the molecule is CCOc1ccccc1N1CC(c2noc(-c3n[nH]c4ccccc34)n2)CC1=O. The molecule has 0 aliphatic carbocycles. The Bertz CT molecular complexity index is 1180. The highest BCUT2D eigenvalue weighted by Crippen LogP contribution is 2.36. The van der Waals surface area contributed by atoms with Crippen molar-refractivity contribution in [3.63, 3.8) is 0 Å². The number of hydrogen-bond donors (Lipinski definition) is 1. The third-order valence-electron chi connectivity index (χ3n) is 5.06. The molecule has 2 aromatic heterocycles. The zero-order valence-corrected chi connectivity index (χ0v) is 15.8. The molecule has 8 heteroatoms. The zero-order valence-electron chi connectivity index (χ0n) is 15.8. The van der Waals surface area contributed by atoms with Crippen molar-refractivity contribution in [2.45, 2.75) is 19.3 Å². The molecular formula is C21H19N5O3. The van der Waals surface area contributed by atoms with E-state index in [0.29, 0.717) is 42.7 Å². The van der Waals surface area contributed by atoms with Crippen LogP contribution in [0, 0.1) is 0 Å². The smallest absolute Gasteiger partial charge is 0.279 e. The van der Waals surface area contributed by atoms with Crippen LogP contribution in [-0.4, -0.2) is 39.4 Å². The number of rotatable bonds is 5. The molecule has 1 N–H and O–H groups in total. The normalized spacial score (nSPS) is 16.7. The van der Waals surface area contributed by atoms with Crippen LogP contribution in [-0.2, 0) is 4.79 Å². The molecule has 1 aliphatic heterocycles. The molecular weight excluding hydrogens is 370 g/mol. The maximum atomic E-state index is 12.7. The first-order valence-electron chi connectivity index (χ1n) is 9.54. The van der Waals surface area contributed by atoms with Gasteiger partial charge in [0.1, 0.15) is 5.75 Å². The van der Waals surface area contributed by atoms with E-state index in [-0.39, 0.29) is 11.8 Å². The number of H-pyrrole nitrogens is 1. The minimum atomic E-state index is -0.153. The minimum Gasteiger partial charge on any atom is -0.492 e. The molecule has 1 aliphatic rings. The number of nitrogens with one attached hydrogen (secondary N) is 1. The Hall–Kier alpha value is -3.68. The van der Waals surface area contributed by atoms with Crippen molar-refractivity contribution in [3.8, 4) is 17.3 Å². The Morgan fingerprint density at radius 3 is 2.93 bits per heavy atom. The van der Waals surface area contributed by atoms with Crippen molar-refractivity contribution in [2.24, 2.45) is 0 Å². The summed E-state index contributed by atoms with van der Waals surface area (Å²) in [6, 6.07) is 15.3. The van der Waals surface area contributed by atoms with Gasteiger partial charge < -0.3 is 14.2 Å². The highest BCUT2D eigenvalue weighted by Gasteiger charge is 2.36. The summed E-state index contributed by atoms with van der Waals surface area (Å²) in [6.07, 6.45) is 0.320. The van der Waals surface area contributed by atoms with Crippen LogP contribution in [0.2, 0.25) is 0 Å². The quantitative estimate of drug-likeness (QED) is 0.561. The monoisotopic (exact) mass is 389 g/mol. The Morgan fingerprint density at radius 2 is 2.03 bits per heavy atom. The first-order valence-corrected chi connectivity index (χ1v) is 9.54. The molecule has 0 spiro atoms. The van der Waals surface area contributed by atoms with Gasteiger partial charge in [-0.1, -0.05) is 35.5 Å². The summed E-state index contributed by atoms with van der Waals surface area (Å²) in [4.78, 5) is 19.0. The molecule has 1 saturated heterocycles. The van der Waals surface area contributed by atoms with Gasteiger partial charge in [-0.25, -0.2) is 0 Å². The molecule has 4 aromatic rings. The van der Waals surface area contributed by atoms with Crippen LogP contribution < -0.4 is 9.64 Å². The van der Waals surface area contributed by atoms with Gasteiger partial charge in [-0.15, -0.1) is 0 Å². The van der Waals surface area contributed by atoms with E-state index in [2.05, 4.69) is 20.3 Å². The Kier molecular flexibility index (Phi) is 4.23. The van der Waals surface area contributed by atoms with Crippen LogP contribution in [0.5, 0.6) is 5.75 Å². The molecule has 0 bridgehead atoms. The standard InChI is InChI=1S/C21H19N5O3/c1-2-28-17-10-6-5-9-16(17)26-12-13(11-18(26)27)20-22-21(29-25-20)19-14-7-3-4-8-15(14)23-24-19/h3-10,13H,2,11-12H2,1H3,(H,23,24). The van der Waals surface area contributed by atoms with Crippen LogP contribution in [0.15, 0.2) is 53.1 Å². The van der Waals surface area contributed by atoms with Crippen LogP contribution in [0.1, 0.15) is 25.1 Å². The molecule has 2 aromatic carbocycles. The fraction of sp³-hybridized carbons (Fsp3) is 0.238. The number of para-hydroxylation sites is 3. The summed E-state index contributed by atoms with van der Waals surface area (Å²) in [5.74, 6) is 1.41. The second-order valence-electron chi connectivity index (χ2n) is 6.88. The zero-order chi connectivity index (χ0) is 19.8. The van der Waals surface area contributed by atoms with Crippen molar-refractivity contribution < 1.29 is 14.1 Å². The van der Waals surface area contributed by atoms with Gasteiger partial charge in [0, 0.05) is 24.3 Å². The summed E-state index contributed by atoms with van der Waals surface area (Å²) in [7, 11) is 0. The van der Waals surface area contributed by atoms with Crippen molar-refractivity contribution >= 4 is 22.5 Å². The second-order valence-corrected chi connectivity index (χ2v) is 6.88. The van der Waals surface area contributed by atoms with Gasteiger partial charge in [-0.3, -0.25) is 9.89 Å². The van der Waals surface area contributed by atoms with Crippen LogP contribution in [0.3, 0.4) is 0 Å². The summed E-state index contributed by atoms with van der Waals surface area (Å²) < 4.78 is 11.1. The van der Waals surface area contributed by atoms with E-state index in [9.17, 15) is 4.79 Å². The summed E-state index contributed by atoms with van der Waals surface area (Å²) >= 11 is 0. The molecule has 29 heavy (non-hydrogen) atoms. The van der Waals surface area contributed by atoms with E-state index in [1.54, 1.807) is 4.90 Å². The molecule has 0 radical (unpaired) electrons. The van der Waals surface area contributed by atoms with Gasteiger partial charge >= 0.3 is 0 Å². The predicted octanol–water partition coefficient (Wildman–Crippen LogP) is 3.53. The lowest BCUT2D eigenvalue weighted by molar-refractivity contribution is -0.117. The van der Waals surface area contributed by atoms with E-state index >= 15 is 0 Å². The van der Waals surface area contributed by atoms with Crippen molar-refractivity contribution in [2.75, 3.05) is 18.1 Å². The lowest BCUT2D eigenvalue weighted by Gasteiger charge is -2.19. The largest absolute Gasteiger partial charge is 0.492 e. The van der Waals surface area contributed by atoms with Crippen molar-refractivity contribution in [1.29, 1.82) is 0 Å². The van der Waals surface area contributed by atoms with E-state index < -0.39 is 0 Å². The number of benzene rings is 2. The first-order chi connectivity index (χ1) is 14.2. The lowest BCUT2D eigenvalue weighted by atomic mass is 10.1. The van der Waals surface area contributed by atoms with E-state index in [1.165, 1.54) is 0 Å². The fourth-order valence-corrected chi connectivity index (χ4v) is 3.69. The highest BCUT2D eigenvalue weighted by atomic mass is 16.5. The fourth-order valence-electron chi connectivity index (χ4n) is 3.69. The van der Waals surface area contributed by atoms with Crippen LogP contribution >= 0.6 is 0 Å². The molecule has 1 atom stereocenters. The Morgan fingerprint density at radius 1 is 1.21 bits per heavy atom. The number of amides is 1. The van der Waals surface area contributed by atoms with Crippen LogP contribution in [0.4, 0.5) is 5.69 Å². The molecule has 8 nitrogen and oxygen atoms in total. The number of ether oxygens (including phenoxy) is 1. The predicted molar refractivity (Wildman–Crippen MR) is 107 cm³/mol. The third kappa shape index (κ3) is 3.02. The molecule has 1 unspecified atom stereocenters. The van der Waals surface area contributed by atoms with Crippen LogP contribution in [0.25, 0.3) is 22.5 Å². The van der Waals surface area contributed by atoms with Crippen molar-refractivity contribution in [1.82, 2.24) is 20.3 Å². The van der Waals surface area contributed by atoms with Gasteiger partial charge in [0.05, 0.1) is 17.8 Å². The molecule has 1 fully saturated rings. The average molecular weight is 389 g/mol. The lowest BCUT2D eigenvalue weighted by Crippen LogP contribution is -2.25. The van der Waals surface area contributed by atoms with Gasteiger partial charge in [0.2, 0.25) is 5.91 Å². The number of hydrogen-bond acceptors (Lipinski definition) is 6. The number of aromatic amines is 1. The van der Waals surface area contributed by atoms with Gasteiger partial charge in [0.15, 0.2) is 11.5 Å². The van der Waals surface area contributed by atoms with Gasteiger partial charge in [-0.2, -0.15) is 10.1 Å². The summed E-state index contributed by atoms with van der Waals surface area (Å²) in [5.41, 5.74) is 2.28. The Labute approximate surface area is 166 Å². The van der Waals surface area contributed by atoms with Gasteiger partial charge in [-0.05, 0) is 25.1 Å². The van der Waals surface area contributed by atoms with E-state index in [0.717, 1.165) is 16.6 Å². The summed E-state index contributed by atoms with van der Waals surface area (Å²) in [5, 5.41) is 12.3. The molecule has 3 heterocycles. The molecule has 146 valence electrons. The number of carbonyl (C=O) groups excluding carboxylic acids is 1. The maximum Gasteiger partial charge on any atom is 0.279 e. The summed E-state index contributed by atoms with van der Waals surface area (Å²) in [6.45, 7) is 2.93. The Balaban J connectivity index is 1.42. The van der Waals surface area contributed by atoms with Gasteiger partial charge in [0.25, 0.3) is 5.89 Å². The van der Waals surface area contributed by atoms with E-state index in [1.807, 2.05) is 55.5 Å². The van der Waals surface area contributed by atoms with E-state index in [4.69, 9.17) is 9.26 Å². The second kappa shape index (κ2) is 7.05. The minimum absolute atomic E-state index is 0.0127.